The summed E-state index contributed by atoms with van der Waals surface area (Å²) in [5, 5.41) is 18.9. The number of benzene rings is 2. The van der Waals surface area contributed by atoms with Crippen LogP contribution in [0.3, 0.4) is 0 Å². The predicted molar refractivity (Wildman–Crippen MR) is 90.2 cm³/mol. The molecule has 0 radical (unpaired) electrons. The van der Waals surface area contributed by atoms with Crippen molar-refractivity contribution < 1.29 is 24.5 Å². The molecule has 0 fully saturated rings. The Hall–Kier alpha value is -2.53. The van der Waals surface area contributed by atoms with Gasteiger partial charge < -0.3 is 19.7 Å². The molecule has 0 aliphatic carbocycles. The highest BCUT2D eigenvalue weighted by Crippen LogP contribution is 2.26. The van der Waals surface area contributed by atoms with Crippen LogP contribution in [0.1, 0.15) is 25.0 Å². The van der Waals surface area contributed by atoms with Gasteiger partial charge in [0.2, 0.25) is 5.60 Å². The molecule has 5 heteroatoms. The van der Waals surface area contributed by atoms with Crippen molar-refractivity contribution in [2.45, 2.75) is 39.1 Å². The Morgan fingerprint density at radius 2 is 1.79 bits per heavy atom. The lowest BCUT2D eigenvalue weighted by molar-refractivity contribution is -0.168. The molecular formula is C19H22O5. The monoisotopic (exact) mass is 330 g/mol. The van der Waals surface area contributed by atoms with Gasteiger partial charge in [0, 0.05) is 0 Å². The van der Waals surface area contributed by atoms with Crippen LogP contribution in [0.5, 0.6) is 11.5 Å². The lowest BCUT2D eigenvalue weighted by Gasteiger charge is -2.32. The van der Waals surface area contributed by atoms with Gasteiger partial charge in [0.05, 0.1) is 6.61 Å². The van der Waals surface area contributed by atoms with Crippen molar-refractivity contribution in [2.75, 3.05) is 0 Å². The van der Waals surface area contributed by atoms with E-state index in [1.807, 2.05) is 31.2 Å². The van der Waals surface area contributed by atoms with Gasteiger partial charge in [-0.1, -0.05) is 24.3 Å². The average Bonchev–Trinajstić information content (AvgIpc) is 2.55. The molecule has 0 saturated heterocycles. The lowest BCUT2D eigenvalue weighted by Crippen LogP contribution is -2.51. The van der Waals surface area contributed by atoms with Gasteiger partial charge in [0.1, 0.15) is 17.6 Å². The molecule has 2 atom stereocenters. The van der Waals surface area contributed by atoms with E-state index in [-0.39, 0.29) is 5.75 Å². The topological polar surface area (TPSA) is 76.0 Å². The van der Waals surface area contributed by atoms with Crippen LogP contribution in [0, 0.1) is 6.92 Å². The van der Waals surface area contributed by atoms with Crippen LogP contribution >= 0.6 is 0 Å². The first kappa shape index (κ1) is 17.8. The molecule has 0 heterocycles. The first-order valence-electron chi connectivity index (χ1n) is 7.70. The second kappa shape index (κ2) is 7.36. The zero-order valence-electron chi connectivity index (χ0n) is 14.0. The predicted octanol–water partition coefficient (Wildman–Crippen LogP) is 3.53. The van der Waals surface area contributed by atoms with Crippen molar-refractivity contribution in [1.82, 2.24) is 0 Å². The smallest absolute Gasteiger partial charge is 0.350 e. The summed E-state index contributed by atoms with van der Waals surface area (Å²) in [4.78, 5) is 11.8. The zero-order chi connectivity index (χ0) is 17.7. The van der Waals surface area contributed by atoms with E-state index in [4.69, 9.17) is 9.47 Å². The third-order valence-electron chi connectivity index (χ3n) is 4.12. The summed E-state index contributed by atoms with van der Waals surface area (Å²) >= 11 is 0. The number of hydrogen-bond donors (Lipinski definition) is 2. The van der Waals surface area contributed by atoms with Gasteiger partial charge in [-0.25, -0.2) is 4.79 Å². The Morgan fingerprint density at radius 1 is 1.17 bits per heavy atom. The normalized spacial score (nSPS) is 14.6. The van der Waals surface area contributed by atoms with Crippen LogP contribution in [-0.4, -0.2) is 27.9 Å². The largest absolute Gasteiger partial charge is 0.508 e. The van der Waals surface area contributed by atoms with E-state index in [1.165, 1.54) is 31.2 Å². The fourth-order valence-corrected chi connectivity index (χ4v) is 2.21. The molecule has 0 amide bonds. The van der Waals surface area contributed by atoms with Crippen LogP contribution in [0.15, 0.2) is 48.5 Å². The van der Waals surface area contributed by atoms with Crippen LogP contribution in [0.2, 0.25) is 0 Å². The van der Waals surface area contributed by atoms with E-state index in [0.717, 1.165) is 11.1 Å². The maximum absolute atomic E-state index is 11.8. The third kappa shape index (κ3) is 4.06. The minimum atomic E-state index is -1.56. The summed E-state index contributed by atoms with van der Waals surface area (Å²) in [5.41, 5.74) is 0.530. The summed E-state index contributed by atoms with van der Waals surface area (Å²) in [5.74, 6) is -0.680. The van der Waals surface area contributed by atoms with Crippen molar-refractivity contribution in [1.29, 1.82) is 0 Å². The van der Waals surface area contributed by atoms with Crippen LogP contribution in [0.25, 0.3) is 0 Å². The van der Waals surface area contributed by atoms with Crippen molar-refractivity contribution in [3.63, 3.8) is 0 Å². The molecule has 24 heavy (non-hydrogen) atoms. The Bertz CT molecular complexity index is 695. The first-order valence-corrected chi connectivity index (χ1v) is 7.70. The molecule has 128 valence electrons. The number of carbonyl (C=O) groups is 1. The van der Waals surface area contributed by atoms with Crippen LogP contribution in [-0.2, 0) is 16.1 Å². The SMILES string of the molecule is Cc1ccccc1COC(C)C(C)(Oc1ccc(O)cc1)C(=O)O. The number of ether oxygens (including phenoxy) is 2. The van der Waals surface area contributed by atoms with Gasteiger partial charge in [-0.05, 0) is 56.2 Å². The molecule has 2 aromatic rings. The zero-order valence-corrected chi connectivity index (χ0v) is 14.0. The van der Waals surface area contributed by atoms with E-state index >= 15 is 0 Å². The second-order valence-electron chi connectivity index (χ2n) is 5.89. The second-order valence-corrected chi connectivity index (χ2v) is 5.89. The standard InChI is InChI=1S/C19H22O5/c1-13-6-4-5-7-15(13)12-23-14(2)19(3,18(21)22)24-17-10-8-16(20)9-11-17/h4-11,14,20H,12H2,1-3H3,(H,21,22). The quantitative estimate of drug-likeness (QED) is 0.812. The number of aliphatic carboxylic acids is 1. The van der Waals surface area contributed by atoms with Gasteiger partial charge in [0.25, 0.3) is 0 Å². The highest BCUT2D eigenvalue weighted by atomic mass is 16.6. The number of phenolic OH excluding ortho intramolecular Hbond substituents is 1. The number of aromatic hydroxyl groups is 1. The van der Waals surface area contributed by atoms with Crippen molar-refractivity contribution >= 4 is 5.97 Å². The summed E-state index contributed by atoms with van der Waals surface area (Å²) < 4.78 is 11.4. The summed E-state index contributed by atoms with van der Waals surface area (Å²) in [6, 6.07) is 13.7. The summed E-state index contributed by atoms with van der Waals surface area (Å²) in [6.07, 6.45) is -0.691. The van der Waals surface area contributed by atoms with Gasteiger partial charge in [-0.2, -0.15) is 0 Å². The van der Waals surface area contributed by atoms with Gasteiger partial charge >= 0.3 is 5.97 Å². The molecule has 5 nitrogen and oxygen atoms in total. The molecule has 0 aliphatic heterocycles. The van der Waals surface area contributed by atoms with Gasteiger partial charge in [0.15, 0.2) is 0 Å². The Kier molecular flexibility index (Phi) is 5.46. The Labute approximate surface area is 141 Å². The average molecular weight is 330 g/mol. The van der Waals surface area contributed by atoms with Crippen molar-refractivity contribution in [3.05, 3.63) is 59.7 Å². The Morgan fingerprint density at radius 3 is 2.38 bits per heavy atom. The highest BCUT2D eigenvalue weighted by molar-refractivity contribution is 5.78. The van der Waals surface area contributed by atoms with E-state index in [9.17, 15) is 15.0 Å². The van der Waals surface area contributed by atoms with Crippen LogP contribution < -0.4 is 4.74 Å². The summed E-state index contributed by atoms with van der Waals surface area (Å²) in [6.45, 7) is 5.43. The molecule has 2 rings (SSSR count). The van der Waals surface area contributed by atoms with Gasteiger partial charge in [-0.3, -0.25) is 0 Å². The molecule has 0 bridgehead atoms. The number of aryl methyl sites for hydroxylation is 1. The number of hydrogen-bond acceptors (Lipinski definition) is 4. The van der Waals surface area contributed by atoms with E-state index < -0.39 is 17.7 Å². The fourth-order valence-electron chi connectivity index (χ4n) is 2.21. The molecule has 2 unspecified atom stereocenters. The van der Waals surface area contributed by atoms with Crippen LogP contribution in [0.4, 0.5) is 0 Å². The molecule has 2 aromatic carbocycles. The molecule has 0 saturated carbocycles. The minimum absolute atomic E-state index is 0.0863. The van der Waals surface area contributed by atoms with Crippen molar-refractivity contribution in [2.24, 2.45) is 0 Å². The fraction of sp³-hybridized carbons (Fsp3) is 0.316. The molecule has 0 spiro atoms. The molecule has 2 N–H and O–H groups in total. The third-order valence-corrected chi connectivity index (χ3v) is 4.12. The summed E-state index contributed by atoms with van der Waals surface area (Å²) in [7, 11) is 0. The number of phenols is 1. The number of carboxylic acids is 1. The highest BCUT2D eigenvalue weighted by Gasteiger charge is 2.42. The van der Waals surface area contributed by atoms with Crippen molar-refractivity contribution in [3.8, 4) is 11.5 Å². The van der Waals surface area contributed by atoms with E-state index in [0.29, 0.717) is 12.4 Å². The van der Waals surface area contributed by atoms with E-state index in [2.05, 4.69) is 0 Å². The Balaban J connectivity index is 2.11. The minimum Gasteiger partial charge on any atom is -0.508 e. The maximum atomic E-state index is 11.8. The maximum Gasteiger partial charge on any atom is 0.350 e. The lowest BCUT2D eigenvalue weighted by atomic mass is 10.00. The van der Waals surface area contributed by atoms with Gasteiger partial charge in [-0.15, -0.1) is 0 Å². The number of carboxylic acid groups (broad SMARTS) is 1. The first-order chi connectivity index (χ1) is 11.3. The molecule has 0 aromatic heterocycles. The molecule has 0 aliphatic rings. The molecular weight excluding hydrogens is 308 g/mol. The number of rotatable bonds is 7. The van der Waals surface area contributed by atoms with E-state index in [1.54, 1.807) is 6.92 Å².